The van der Waals surface area contributed by atoms with E-state index in [9.17, 15) is 4.79 Å². The average Bonchev–Trinajstić information content (AvgIpc) is 2.40. The molecule has 112 valence electrons. The Labute approximate surface area is 126 Å². The fourth-order valence-electron chi connectivity index (χ4n) is 2.24. The molecule has 4 nitrogen and oxygen atoms in total. The predicted octanol–water partition coefficient (Wildman–Crippen LogP) is 1.92. The molecule has 1 aliphatic heterocycles. The van der Waals surface area contributed by atoms with Gasteiger partial charge in [0.2, 0.25) is 0 Å². The normalized spacial score (nSPS) is 18.4. The molecule has 1 heterocycles. The summed E-state index contributed by atoms with van der Waals surface area (Å²) in [6.45, 7) is 8.76. The molecule has 2 rings (SSSR count). The Kier molecular flexibility index (Phi) is 6.30. The van der Waals surface area contributed by atoms with Crippen LogP contribution in [-0.2, 0) is 4.79 Å². The zero-order chi connectivity index (χ0) is 13.8. The molecule has 1 fully saturated rings. The SMILES string of the molecule is Cc1ccc(OCC(=O)N2CCNC[C@@H]2C)cc1C.Cl. The highest BCUT2D eigenvalue weighted by atomic mass is 35.5. The summed E-state index contributed by atoms with van der Waals surface area (Å²) < 4.78 is 5.59. The molecule has 1 aromatic rings. The third kappa shape index (κ3) is 4.12. The number of aryl methyl sites for hydroxylation is 2. The summed E-state index contributed by atoms with van der Waals surface area (Å²) in [6, 6.07) is 6.15. The first-order chi connectivity index (χ1) is 9.08. The van der Waals surface area contributed by atoms with Gasteiger partial charge in [0.25, 0.3) is 5.91 Å². The number of ether oxygens (including phenoxy) is 1. The Morgan fingerprint density at radius 3 is 2.80 bits per heavy atom. The standard InChI is InChI=1S/C15H22N2O2.ClH/c1-11-4-5-14(8-12(11)2)19-10-15(18)17-7-6-16-9-13(17)3;/h4-5,8,13,16H,6-7,9-10H2,1-3H3;1H/t13-;/m0./s1. The summed E-state index contributed by atoms with van der Waals surface area (Å²) in [5.41, 5.74) is 2.41. The highest BCUT2D eigenvalue weighted by Gasteiger charge is 2.22. The van der Waals surface area contributed by atoms with Gasteiger partial charge in [0.15, 0.2) is 6.61 Å². The summed E-state index contributed by atoms with van der Waals surface area (Å²) in [7, 11) is 0. The molecular weight excluding hydrogens is 276 g/mol. The molecular formula is C15H23ClN2O2. The van der Waals surface area contributed by atoms with Gasteiger partial charge in [0, 0.05) is 25.7 Å². The molecule has 20 heavy (non-hydrogen) atoms. The van der Waals surface area contributed by atoms with Crippen molar-refractivity contribution in [3.63, 3.8) is 0 Å². The van der Waals surface area contributed by atoms with Crippen LogP contribution in [0.4, 0.5) is 0 Å². The lowest BCUT2D eigenvalue weighted by Gasteiger charge is -2.33. The predicted molar refractivity (Wildman–Crippen MR) is 82.7 cm³/mol. The maximum atomic E-state index is 12.1. The Morgan fingerprint density at radius 2 is 2.15 bits per heavy atom. The number of hydrogen-bond acceptors (Lipinski definition) is 3. The summed E-state index contributed by atoms with van der Waals surface area (Å²) in [6.07, 6.45) is 0. The van der Waals surface area contributed by atoms with Gasteiger partial charge in [-0.1, -0.05) is 6.07 Å². The number of nitrogens with zero attached hydrogens (tertiary/aromatic N) is 1. The minimum Gasteiger partial charge on any atom is -0.484 e. The van der Waals surface area contributed by atoms with E-state index in [1.54, 1.807) is 0 Å². The van der Waals surface area contributed by atoms with Gasteiger partial charge >= 0.3 is 0 Å². The number of benzene rings is 1. The maximum Gasteiger partial charge on any atom is 0.260 e. The second kappa shape index (κ2) is 7.50. The third-order valence-corrected chi connectivity index (χ3v) is 3.66. The summed E-state index contributed by atoms with van der Waals surface area (Å²) in [5, 5.41) is 3.27. The van der Waals surface area contributed by atoms with E-state index >= 15 is 0 Å². The van der Waals surface area contributed by atoms with Gasteiger partial charge in [0.1, 0.15) is 5.75 Å². The average molecular weight is 299 g/mol. The van der Waals surface area contributed by atoms with Crippen LogP contribution in [0.1, 0.15) is 18.1 Å². The lowest BCUT2D eigenvalue weighted by Crippen LogP contribution is -2.53. The minimum absolute atomic E-state index is 0. The van der Waals surface area contributed by atoms with E-state index in [1.165, 1.54) is 11.1 Å². The quantitative estimate of drug-likeness (QED) is 0.927. The number of hydrogen-bond donors (Lipinski definition) is 1. The second-order valence-corrected chi connectivity index (χ2v) is 5.18. The smallest absolute Gasteiger partial charge is 0.260 e. The lowest BCUT2D eigenvalue weighted by atomic mass is 10.1. The molecule has 1 N–H and O–H groups in total. The molecule has 1 aliphatic rings. The molecule has 0 bridgehead atoms. The summed E-state index contributed by atoms with van der Waals surface area (Å²) in [5.74, 6) is 0.825. The van der Waals surface area contributed by atoms with Crippen molar-refractivity contribution in [1.82, 2.24) is 10.2 Å². The number of nitrogens with one attached hydrogen (secondary N) is 1. The molecule has 0 unspecified atom stereocenters. The van der Waals surface area contributed by atoms with E-state index in [2.05, 4.69) is 19.2 Å². The fourth-order valence-corrected chi connectivity index (χ4v) is 2.24. The summed E-state index contributed by atoms with van der Waals surface area (Å²) >= 11 is 0. The van der Waals surface area contributed by atoms with Crippen molar-refractivity contribution in [2.45, 2.75) is 26.8 Å². The van der Waals surface area contributed by atoms with Crippen LogP contribution < -0.4 is 10.1 Å². The Hall–Kier alpha value is -1.26. The first-order valence-electron chi connectivity index (χ1n) is 6.78. The largest absolute Gasteiger partial charge is 0.484 e. The van der Waals surface area contributed by atoms with Gasteiger partial charge in [-0.15, -0.1) is 12.4 Å². The highest BCUT2D eigenvalue weighted by Crippen LogP contribution is 2.16. The van der Waals surface area contributed by atoms with Crippen LogP contribution >= 0.6 is 12.4 Å². The maximum absolute atomic E-state index is 12.1. The molecule has 0 aliphatic carbocycles. The van der Waals surface area contributed by atoms with Gasteiger partial charge in [-0.05, 0) is 44.0 Å². The first kappa shape index (κ1) is 16.8. The zero-order valence-electron chi connectivity index (χ0n) is 12.3. The highest BCUT2D eigenvalue weighted by molar-refractivity contribution is 5.85. The van der Waals surface area contributed by atoms with Crippen LogP contribution in [-0.4, -0.2) is 43.1 Å². The van der Waals surface area contributed by atoms with Crippen molar-refractivity contribution in [3.05, 3.63) is 29.3 Å². The molecule has 0 radical (unpaired) electrons. The van der Waals surface area contributed by atoms with Gasteiger partial charge < -0.3 is 15.0 Å². The molecule has 1 atom stereocenters. The van der Waals surface area contributed by atoms with E-state index in [0.29, 0.717) is 0 Å². The first-order valence-corrected chi connectivity index (χ1v) is 6.78. The molecule has 0 aromatic heterocycles. The summed E-state index contributed by atoms with van der Waals surface area (Å²) in [4.78, 5) is 14.0. The molecule has 5 heteroatoms. The van der Waals surface area contributed by atoms with Crippen LogP contribution in [0.5, 0.6) is 5.75 Å². The van der Waals surface area contributed by atoms with Gasteiger partial charge in [-0.2, -0.15) is 0 Å². The Balaban J connectivity index is 0.00000200. The Bertz CT molecular complexity index is 465. The van der Waals surface area contributed by atoms with E-state index in [0.717, 1.165) is 25.4 Å². The van der Waals surface area contributed by atoms with Crippen molar-refractivity contribution in [2.24, 2.45) is 0 Å². The van der Waals surface area contributed by atoms with Crippen molar-refractivity contribution >= 4 is 18.3 Å². The van der Waals surface area contributed by atoms with Crippen molar-refractivity contribution in [3.8, 4) is 5.75 Å². The number of amides is 1. The number of rotatable bonds is 3. The molecule has 1 saturated heterocycles. The van der Waals surface area contributed by atoms with Gasteiger partial charge in [-0.3, -0.25) is 4.79 Å². The third-order valence-electron chi connectivity index (χ3n) is 3.66. The van der Waals surface area contributed by atoms with E-state index in [4.69, 9.17) is 4.74 Å². The molecule has 0 spiro atoms. The second-order valence-electron chi connectivity index (χ2n) is 5.18. The molecule has 1 aromatic carbocycles. The number of carbonyl (C=O) groups excluding carboxylic acids is 1. The van der Waals surface area contributed by atoms with E-state index < -0.39 is 0 Å². The zero-order valence-corrected chi connectivity index (χ0v) is 13.1. The minimum atomic E-state index is 0. The van der Waals surface area contributed by atoms with Crippen molar-refractivity contribution in [1.29, 1.82) is 0 Å². The topological polar surface area (TPSA) is 41.6 Å². The number of halogens is 1. The lowest BCUT2D eigenvalue weighted by molar-refractivity contribution is -0.136. The van der Waals surface area contributed by atoms with Crippen LogP contribution in [0.25, 0.3) is 0 Å². The monoisotopic (exact) mass is 298 g/mol. The van der Waals surface area contributed by atoms with Crippen molar-refractivity contribution in [2.75, 3.05) is 26.2 Å². The molecule has 1 amide bonds. The van der Waals surface area contributed by atoms with Crippen LogP contribution in [0.2, 0.25) is 0 Å². The van der Waals surface area contributed by atoms with Crippen molar-refractivity contribution < 1.29 is 9.53 Å². The van der Waals surface area contributed by atoms with Gasteiger partial charge in [0.05, 0.1) is 0 Å². The van der Waals surface area contributed by atoms with Gasteiger partial charge in [-0.25, -0.2) is 0 Å². The van der Waals surface area contributed by atoms with Crippen LogP contribution in [0.15, 0.2) is 18.2 Å². The fraction of sp³-hybridized carbons (Fsp3) is 0.533. The molecule has 0 saturated carbocycles. The Morgan fingerprint density at radius 1 is 1.40 bits per heavy atom. The van der Waals surface area contributed by atoms with E-state index in [1.807, 2.05) is 30.0 Å². The van der Waals surface area contributed by atoms with Crippen LogP contribution in [0, 0.1) is 13.8 Å². The number of piperazine rings is 1. The number of carbonyl (C=O) groups is 1. The van der Waals surface area contributed by atoms with E-state index in [-0.39, 0.29) is 31.0 Å². The van der Waals surface area contributed by atoms with Crippen LogP contribution in [0.3, 0.4) is 0 Å².